The van der Waals surface area contributed by atoms with Crippen molar-refractivity contribution in [3.05, 3.63) is 0 Å². The lowest BCUT2D eigenvalue weighted by molar-refractivity contribution is 0.242. The fraction of sp³-hybridized carbons (Fsp3) is 1.00. The maximum absolute atomic E-state index is 5.48. The summed E-state index contributed by atoms with van der Waals surface area (Å²) >= 11 is 0. The average Bonchev–Trinajstić information content (AvgIpc) is 2.59. The normalized spacial score (nSPS) is 19.8. The van der Waals surface area contributed by atoms with E-state index >= 15 is 0 Å². The van der Waals surface area contributed by atoms with E-state index in [-0.39, 0.29) is 0 Å². The van der Waals surface area contributed by atoms with Gasteiger partial charge in [-0.25, -0.2) is 0 Å². The van der Waals surface area contributed by atoms with E-state index in [9.17, 15) is 0 Å². The maximum atomic E-state index is 5.48. The molecule has 78 valence electrons. The van der Waals surface area contributed by atoms with Crippen molar-refractivity contribution in [3.8, 4) is 0 Å². The molecule has 13 heavy (non-hydrogen) atoms. The molecule has 1 heterocycles. The van der Waals surface area contributed by atoms with Gasteiger partial charge in [0, 0.05) is 19.6 Å². The highest BCUT2D eigenvalue weighted by Crippen LogP contribution is 2.06. The summed E-state index contributed by atoms with van der Waals surface area (Å²) in [6.07, 6.45) is 3.78. The number of rotatable bonds is 6. The Morgan fingerprint density at radius 2 is 1.69 bits per heavy atom. The van der Waals surface area contributed by atoms with Crippen LogP contribution in [0.2, 0.25) is 0 Å². The molecule has 2 N–H and O–H groups in total. The zero-order valence-corrected chi connectivity index (χ0v) is 8.84. The van der Waals surface area contributed by atoms with Crippen LogP contribution in [0, 0.1) is 0 Å². The Morgan fingerprint density at radius 3 is 2.23 bits per heavy atom. The van der Waals surface area contributed by atoms with Crippen LogP contribution in [-0.4, -0.2) is 49.2 Å². The van der Waals surface area contributed by atoms with E-state index in [1.807, 2.05) is 0 Å². The molecule has 0 aromatic rings. The van der Waals surface area contributed by atoms with Crippen LogP contribution in [0.5, 0.6) is 0 Å². The van der Waals surface area contributed by atoms with Crippen molar-refractivity contribution in [2.24, 2.45) is 5.73 Å². The SMILES string of the molecule is CCCCN1CCN(CCCN)C1. The van der Waals surface area contributed by atoms with Crippen molar-refractivity contribution in [1.82, 2.24) is 9.80 Å². The van der Waals surface area contributed by atoms with Crippen molar-refractivity contribution in [3.63, 3.8) is 0 Å². The molecule has 0 unspecified atom stereocenters. The van der Waals surface area contributed by atoms with Gasteiger partial charge in [0.1, 0.15) is 0 Å². The zero-order chi connectivity index (χ0) is 9.52. The third kappa shape index (κ3) is 4.07. The number of nitrogens with zero attached hydrogens (tertiary/aromatic N) is 2. The highest BCUT2D eigenvalue weighted by molar-refractivity contribution is 4.70. The molecule has 1 fully saturated rings. The molecule has 3 nitrogen and oxygen atoms in total. The minimum absolute atomic E-state index is 0.825. The Labute approximate surface area is 81.9 Å². The molecule has 0 aromatic heterocycles. The molecule has 0 saturated carbocycles. The minimum Gasteiger partial charge on any atom is -0.330 e. The number of hydrogen-bond donors (Lipinski definition) is 1. The first-order chi connectivity index (χ1) is 6.36. The van der Waals surface area contributed by atoms with Gasteiger partial charge in [0.25, 0.3) is 0 Å². The first kappa shape index (κ1) is 11.0. The van der Waals surface area contributed by atoms with E-state index in [4.69, 9.17) is 5.73 Å². The van der Waals surface area contributed by atoms with E-state index in [0.717, 1.165) is 13.0 Å². The van der Waals surface area contributed by atoms with Gasteiger partial charge in [-0.15, -0.1) is 0 Å². The van der Waals surface area contributed by atoms with Crippen LogP contribution >= 0.6 is 0 Å². The van der Waals surface area contributed by atoms with Crippen molar-refractivity contribution >= 4 is 0 Å². The molecule has 1 rings (SSSR count). The molecule has 0 aliphatic carbocycles. The average molecular weight is 185 g/mol. The molecular formula is C10H23N3. The number of nitrogens with two attached hydrogens (primary N) is 1. The van der Waals surface area contributed by atoms with Gasteiger partial charge in [0.2, 0.25) is 0 Å². The number of hydrogen-bond acceptors (Lipinski definition) is 3. The summed E-state index contributed by atoms with van der Waals surface area (Å²) in [5.41, 5.74) is 5.48. The largest absolute Gasteiger partial charge is 0.330 e. The van der Waals surface area contributed by atoms with Gasteiger partial charge in [-0.2, -0.15) is 0 Å². The molecule has 1 aliphatic rings. The molecule has 0 radical (unpaired) electrons. The quantitative estimate of drug-likeness (QED) is 0.661. The van der Waals surface area contributed by atoms with Crippen LogP contribution in [0.3, 0.4) is 0 Å². The summed E-state index contributed by atoms with van der Waals surface area (Å²) in [6.45, 7) is 9.19. The van der Waals surface area contributed by atoms with Crippen LogP contribution in [0.15, 0.2) is 0 Å². The minimum atomic E-state index is 0.825. The molecule has 1 saturated heterocycles. The van der Waals surface area contributed by atoms with Gasteiger partial charge >= 0.3 is 0 Å². The maximum Gasteiger partial charge on any atom is 0.0507 e. The lowest BCUT2D eigenvalue weighted by Crippen LogP contribution is -2.27. The standard InChI is InChI=1S/C10H23N3/c1-2-3-6-12-8-9-13(10-12)7-4-5-11/h2-11H2,1H3. The van der Waals surface area contributed by atoms with E-state index in [0.29, 0.717) is 0 Å². The second-order valence-corrected chi connectivity index (χ2v) is 3.87. The van der Waals surface area contributed by atoms with Crippen molar-refractivity contribution in [1.29, 1.82) is 0 Å². The summed E-state index contributed by atoms with van der Waals surface area (Å²) in [4.78, 5) is 5.04. The summed E-state index contributed by atoms with van der Waals surface area (Å²) < 4.78 is 0. The Morgan fingerprint density at radius 1 is 1.08 bits per heavy atom. The Kier molecular flexibility index (Phi) is 5.35. The van der Waals surface area contributed by atoms with Crippen LogP contribution < -0.4 is 5.73 Å². The molecule has 0 atom stereocenters. The van der Waals surface area contributed by atoms with Crippen molar-refractivity contribution in [2.45, 2.75) is 26.2 Å². The van der Waals surface area contributed by atoms with Crippen LogP contribution in [0.25, 0.3) is 0 Å². The summed E-state index contributed by atoms with van der Waals surface area (Å²) in [5, 5.41) is 0. The molecule has 0 spiro atoms. The first-order valence-electron chi connectivity index (χ1n) is 5.51. The number of unbranched alkanes of at least 4 members (excludes halogenated alkanes) is 1. The molecule has 0 aromatic carbocycles. The molecule has 3 heteroatoms. The van der Waals surface area contributed by atoms with Crippen molar-refractivity contribution in [2.75, 3.05) is 39.4 Å². The van der Waals surface area contributed by atoms with E-state index in [1.165, 1.54) is 45.7 Å². The van der Waals surface area contributed by atoms with E-state index < -0.39 is 0 Å². The zero-order valence-electron chi connectivity index (χ0n) is 8.84. The summed E-state index contributed by atoms with van der Waals surface area (Å²) in [6, 6.07) is 0. The second kappa shape index (κ2) is 6.35. The van der Waals surface area contributed by atoms with Crippen molar-refractivity contribution < 1.29 is 0 Å². The highest BCUT2D eigenvalue weighted by Gasteiger charge is 2.17. The summed E-state index contributed by atoms with van der Waals surface area (Å²) in [7, 11) is 0. The Balaban J connectivity index is 2.05. The second-order valence-electron chi connectivity index (χ2n) is 3.87. The highest BCUT2D eigenvalue weighted by atomic mass is 15.4. The fourth-order valence-corrected chi connectivity index (χ4v) is 1.77. The van der Waals surface area contributed by atoms with Gasteiger partial charge in [-0.1, -0.05) is 13.3 Å². The lowest BCUT2D eigenvalue weighted by atomic mass is 10.3. The van der Waals surface area contributed by atoms with Gasteiger partial charge in [-0.05, 0) is 25.9 Å². The van der Waals surface area contributed by atoms with Gasteiger partial charge in [0.15, 0.2) is 0 Å². The predicted octanol–water partition coefficient (Wildman–Crippen LogP) is 0.710. The van der Waals surface area contributed by atoms with Gasteiger partial charge in [-0.3, -0.25) is 9.80 Å². The smallest absolute Gasteiger partial charge is 0.0507 e. The Bertz CT molecular complexity index is 113. The van der Waals surface area contributed by atoms with Crippen LogP contribution in [-0.2, 0) is 0 Å². The first-order valence-corrected chi connectivity index (χ1v) is 5.51. The van der Waals surface area contributed by atoms with E-state index in [2.05, 4.69) is 16.7 Å². The summed E-state index contributed by atoms with van der Waals surface area (Å²) in [5.74, 6) is 0. The van der Waals surface area contributed by atoms with Crippen LogP contribution in [0.4, 0.5) is 0 Å². The monoisotopic (exact) mass is 185 g/mol. The fourth-order valence-electron chi connectivity index (χ4n) is 1.77. The third-order valence-electron chi connectivity index (χ3n) is 2.64. The topological polar surface area (TPSA) is 32.5 Å². The molecule has 0 amide bonds. The van der Waals surface area contributed by atoms with Gasteiger partial charge in [0.05, 0.1) is 6.67 Å². The van der Waals surface area contributed by atoms with Crippen LogP contribution in [0.1, 0.15) is 26.2 Å². The Hall–Kier alpha value is -0.120. The lowest BCUT2D eigenvalue weighted by Gasteiger charge is -2.17. The molecule has 1 aliphatic heterocycles. The van der Waals surface area contributed by atoms with E-state index in [1.54, 1.807) is 0 Å². The van der Waals surface area contributed by atoms with Gasteiger partial charge < -0.3 is 5.73 Å². The molecular weight excluding hydrogens is 162 g/mol. The third-order valence-corrected chi connectivity index (χ3v) is 2.64. The molecule has 0 bridgehead atoms. The predicted molar refractivity (Wildman–Crippen MR) is 56.6 cm³/mol.